The molecule has 2 rings (SSSR count). The number of amides is 1. The number of para-hydroxylation sites is 1. The van der Waals surface area contributed by atoms with Crippen LogP contribution in [0.2, 0.25) is 5.02 Å². The van der Waals surface area contributed by atoms with Gasteiger partial charge in [-0.05, 0) is 36.8 Å². The number of hydrogen-bond donors (Lipinski definition) is 1. The Balaban J connectivity index is 2.34. The average Bonchev–Trinajstić information content (AvgIpc) is 2.48. The van der Waals surface area contributed by atoms with Crippen LogP contribution in [0.15, 0.2) is 48.5 Å². The van der Waals surface area contributed by atoms with Gasteiger partial charge in [-0.25, -0.2) is 0 Å². The van der Waals surface area contributed by atoms with Gasteiger partial charge in [0.25, 0.3) is 5.91 Å². The molecule has 0 heterocycles. The molecule has 1 amide bonds. The van der Waals surface area contributed by atoms with Gasteiger partial charge >= 0.3 is 0 Å². The van der Waals surface area contributed by atoms with Crippen LogP contribution in [0.4, 0.5) is 5.69 Å². The molecule has 0 bridgehead atoms. The Labute approximate surface area is 129 Å². The van der Waals surface area contributed by atoms with Crippen molar-refractivity contribution in [3.8, 4) is 5.75 Å². The summed E-state index contributed by atoms with van der Waals surface area (Å²) in [5, 5.41) is 10.4. The van der Waals surface area contributed by atoms with Gasteiger partial charge in [-0.3, -0.25) is 4.79 Å². The predicted molar refractivity (Wildman–Crippen MR) is 86.1 cm³/mol. The standard InChI is InChI=1S/C17H18ClNO2/c1-2-3-11-19(14-7-5-4-6-8-14)17(21)15-10-9-13(18)12-16(15)20/h4-10,12,20H,2-3,11H2,1H3. The molecule has 0 saturated heterocycles. The Hall–Kier alpha value is -2.00. The van der Waals surface area contributed by atoms with E-state index in [0.29, 0.717) is 11.6 Å². The molecule has 0 saturated carbocycles. The molecular weight excluding hydrogens is 286 g/mol. The summed E-state index contributed by atoms with van der Waals surface area (Å²) in [4.78, 5) is 14.4. The molecule has 2 aromatic rings. The van der Waals surface area contributed by atoms with Gasteiger partial charge in [0.15, 0.2) is 0 Å². The van der Waals surface area contributed by atoms with Crippen LogP contribution < -0.4 is 4.90 Å². The van der Waals surface area contributed by atoms with Crippen molar-refractivity contribution in [3.05, 3.63) is 59.1 Å². The third kappa shape index (κ3) is 3.76. The minimum absolute atomic E-state index is 0.0927. The summed E-state index contributed by atoms with van der Waals surface area (Å²) in [7, 11) is 0. The molecule has 1 N–H and O–H groups in total. The smallest absolute Gasteiger partial charge is 0.262 e. The SMILES string of the molecule is CCCCN(C(=O)c1ccc(Cl)cc1O)c1ccccc1. The molecule has 0 aliphatic carbocycles. The topological polar surface area (TPSA) is 40.5 Å². The second-order valence-electron chi connectivity index (χ2n) is 4.81. The van der Waals surface area contributed by atoms with Gasteiger partial charge in [0, 0.05) is 17.3 Å². The molecular formula is C17H18ClNO2. The normalized spacial score (nSPS) is 10.4. The van der Waals surface area contributed by atoms with Crippen LogP contribution in [0.5, 0.6) is 5.75 Å². The summed E-state index contributed by atoms with van der Waals surface area (Å²) in [5.74, 6) is -0.311. The third-order valence-electron chi connectivity index (χ3n) is 3.24. The number of halogens is 1. The summed E-state index contributed by atoms with van der Waals surface area (Å²) >= 11 is 5.82. The summed E-state index contributed by atoms with van der Waals surface area (Å²) in [5.41, 5.74) is 1.09. The van der Waals surface area contributed by atoms with Gasteiger partial charge in [-0.1, -0.05) is 43.1 Å². The van der Waals surface area contributed by atoms with E-state index < -0.39 is 0 Å². The number of hydrogen-bond acceptors (Lipinski definition) is 2. The summed E-state index contributed by atoms with van der Waals surface area (Å²) in [6.45, 7) is 2.69. The molecule has 0 aliphatic heterocycles. The van der Waals surface area contributed by atoms with Gasteiger partial charge in [-0.15, -0.1) is 0 Å². The summed E-state index contributed by atoms with van der Waals surface area (Å²) < 4.78 is 0. The number of anilines is 1. The van der Waals surface area contributed by atoms with Crippen molar-refractivity contribution in [1.82, 2.24) is 0 Å². The number of phenols is 1. The highest BCUT2D eigenvalue weighted by molar-refractivity contribution is 6.31. The molecule has 21 heavy (non-hydrogen) atoms. The van der Waals surface area contributed by atoms with Crippen LogP contribution in [0.1, 0.15) is 30.1 Å². The lowest BCUT2D eigenvalue weighted by atomic mass is 10.1. The number of rotatable bonds is 5. The zero-order valence-electron chi connectivity index (χ0n) is 11.9. The van der Waals surface area contributed by atoms with Crippen LogP contribution in [0, 0.1) is 0 Å². The van der Waals surface area contributed by atoms with E-state index in [1.807, 2.05) is 30.3 Å². The van der Waals surface area contributed by atoms with E-state index in [2.05, 4.69) is 6.92 Å². The Morgan fingerprint density at radius 1 is 1.19 bits per heavy atom. The molecule has 110 valence electrons. The second kappa shape index (κ2) is 7.14. The summed E-state index contributed by atoms with van der Waals surface area (Å²) in [6.07, 6.45) is 1.89. The van der Waals surface area contributed by atoms with E-state index in [1.54, 1.807) is 17.0 Å². The molecule has 0 radical (unpaired) electrons. The Kier molecular flexibility index (Phi) is 5.23. The maximum Gasteiger partial charge on any atom is 0.262 e. The highest BCUT2D eigenvalue weighted by Gasteiger charge is 2.20. The summed E-state index contributed by atoms with van der Waals surface area (Å²) in [6, 6.07) is 14.0. The number of unbranched alkanes of at least 4 members (excludes halogenated alkanes) is 1. The van der Waals surface area contributed by atoms with E-state index in [0.717, 1.165) is 18.5 Å². The fraction of sp³-hybridized carbons (Fsp3) is 0.235. The maximum absolute atomic E-state index is 12.7. The molecule has 0 aliphatic rings. The van der Waals surface area contributed by atoms with Crippen molar-refractivity contribution in [3.63, 3.8) is 0 Å². The molecule has 0 atom stereocenters. The lowest BCUT2D eigenvalue weighted by Crippen LogP contribution is -2.31. The monoisotopic (exact) mass is 303 g/mol. The van der Waals surface area contributed by atoms with E-state index in [9.17, 15) is 9.90 Å². The minimum atomic E-state index is -0.219. The molecule has 4 heteroatoms. The van der Waals surface area contributed by atoms with Crippen LogP contribution in [0.3, 0.4) is 0 Å². The van der Waals surface area contributed by atoms with Crippen LogP contribution in [-0.2, 0) is 0 Å². The first-order chi connectivity index (χ1) is 10.1. The van der Waals surface area contributed by atoms with E-state index in [-0.39, 0.29) is 17.2 Å². The van der Waals surface area contributed by atoms with Gasteiger partial charge in [-0.2, -0.15) is 0 Å². The van der Waals surface area contributed by atoms with E-state index >= 15 is 0 Å². The fourth-order valence-electron chi connectivity index (χ4n) is 2.10. The highest BCUT2D eigenvalue weighted by atomic mass is 35.5. The number of benzene rings is 2. The highest BCUT2D eigenvalue weighted by Crippen LogP contribution is 2.25. The first-order valence-electron chi connectivity index (χ1n) is 6.99. The lowest BCUT2D eigenvalue weighted by Gasteiger charge is -2.23. The zero-order valence-corrected chi connectivity index (χ0v) is 12.7. The zero-order chi connectivity index (χ0) is 15.2. The molecule has 3 nitrogen and oxygen atoms in total. The van der Waals surface area contributed by atoms with Crippen LogP contribution in [0.25, 0.3) is 0 Å². The molecule has 0 unspecified atom stereocenters. The van der Waals surface area contributed by atoms with Crippen molar-refractivity contribution in [2.24, 2.45) is 0 Å². The van der Waals surface area contributed by atoms with E-state index in [1.165, 1.54) is 6.07 Å². The van der Waals surface area contributed by atoms with Crippen LogP contribution >= 0.6 is 11.6 Å². The van der Waals surface area contributed by atoms with Crippen molar-refractivity contribution >= 4 is 23.2 Å². The predicted octanol–water partition coefficient (Wildman–Crippen LogP) is 4.49. The van der Waals surface area contributed by atoms with Crippen LogP contribution in [-0.4, -0.2) is 17.6 Å². The van der Waals surface area contributed by atoms with Crippen molar-refractivity contribution in [2.75, 3.05) is 11.4 Å². The minimum Gasteiger partial charge on any atom is -0.507 e. The van der Waals surface area contributed by atoms with Gasteiger partial charge < -0.3 is 10.0 Å². The first-order valence-corrected chi connectivity index (χ1v) is 7.36. The lowest BCUT2D eigenvalue weighted by molar-refractivity contribution is 0.0984. The molecule has 2 aromatic carbocycles. The number of phenolic OH excluding ortho intramolecular Hbond substituents is 1. The molecule has 0 aromatic heterocycles. The van der Waals surface area contributed by atoms with Crippen molar-refractivity contribution in [2.45, 2.75) is 19.8 Å². The Morgan fingerprint density at radius 2 is 1.90 bits per heavy atom. The molecule has 0 fully saturated rings. The quantitative estimate of drug-likeness (QED) is 0.884. The first kappa shape index (κ1) is 15.4. The fourth-order valence-corrected chi connectivity index (χ4v) is 2.27. The second-order valence-corrected chi connectivity index (χ2v) is 5.24. The van der Waals surface area contributed by atoms with Gasteiger partial charge in [0.1, 0.15) is 5.75 Å². The third-order valence-corrected chi connectivity index (χ3v) is 3.47. The van der Waals surface area contributed by atoms with Gasteiger partial charge in [0.2, 0.25) is 0 Å². The number of nitrogens with zero attached hydrogens (tertiary/aromatic N) is 1. The molecule has 0 spiro atoms. The Morgan fingerprint density at radius 3 is 2.52 bits per heavy atom. The number of carbonyl (C=O) groups excluding carboxylic acids is 1. The number of aromatic hydroxyl groups is 1. The van der Waals surface area contributed by atoms with E-state index in [4.69, 9.17) is 11.6 Å². The Bertz CT molecular complexity index is 613. The number of carbonyl (C=O) groups is 1. The van der Waals surface area contributed by atoms with Crippen molar-refractivity contribution < 1.29 is 9.90 Å². The maximum atomic E-state index is 12.7. The average molecular weight is 304 g/mol. The van der Waals surface area contributed by atoms with Gasteiger partial charge in [0.05, 0.1) is 5.56 Å². The van der Waals surface area contributed by atoms with Crippen molar-refractivity contribution in [1.29, 1.82) is 0 Å². The largest absolute Gasteiger partial charge is 0.507 e.